The lowest BCUT2D eigenvalue weighted by Gasteiger charge is -2.28. The summed E-state index contributed by atoms with van der Waals surface area (Å²) in [5.74, 6) is 0.0659. The molecule has 2 heterocycles. The third-order valence-corrected chi connectivity index (χ3v) is 3.38. The highest BCUT2D eigenvalue weighted by molar-refractivity contribution is 9.10. The summed E-state index contributed by atoms with van der Waals surface area (Å²) in [6, 6.07) is 1.82. The minimum Gasteiger partial charge on any atom is -0.383 e. The molecule has 0 bridgehead atoms. The molecule has 0 aliphatic carbocycles. The number of carbonyl (C=O) groups is 1. The SMILES string of the molecule is CC1CC(NC(=O)c2cc(Br)cnc2N)CCO1. The van der Waals surface area contributed by atoms with E-state index in [0.29, 0.717) is 12.2 Å². The van der Waals surface area contributed by atoms with Crippen molar-refractivity contribution in [2.45, 2.75) is 31.9 Å². The molecular weight excluding hydrogens is 298 g/mol. The number of ether oxygens (including phenoxy) is 1. The van der Waals surface area contributed by atoms with Crippen LogP contribution in [0.25, 0.3) is 0 Å². The van der Waals surface area contributed by atoms with Gasteiger partial charge >= 0.3 is 0 Å². The van der Waals surface area contributed by atoms with E-state index >= 15 is 0 Å². The van der Waals surface area contributed by atoms with Gasteiger partial charge in [-0.1, -0.05) is 0 Å². The number of hydrogen-bond donors (Lipinski definition) is 2. The Hall–Kier alpha value is -1.14. The minimum absolute atomic E-state index is 0.139. The Morgan fingerprint density at radius 1 is 1.67 bits per heavy atom. The fourth-order valence-corrected chi connectivity index (χ4v) is 2.36. The summed E-state index contributed by atoms with van der Waals surface area (Å²) >= 11 is 3.28. The third-order valence-electron chi connectivity index (χ3n) is 2.95. The van der Waals surface area contributed by atoms with Crippen LogP contribution in [0.5, 0.6) is 0 Å². The van der Waals surface area contributed by atoms with Gasteiger partial charge in [0.1, 0.15) is 5.82 Å². The molecule has 98 valence electrons. The summed E-state index contributed by atoms with van der Waals surface area (Å²) in [7, 11) is 0. The Morgan fingerprint density at radius 2 is 2.44 bits per heavy atom. The van der Waals surface area contributed by atoms with Crippen LogP contribution in [0.2, 0.25) is 0 Å². The number of amides is 1. The minimum atomic E-state index is -0.180. The van der Waals surface area contributed by atoms with Gasteiger partial charge in [0.05, 0.1) is 11.7 Å². The first kappa shape index (κ1) is 13.3. The van der Waals surface area contributed by atoms with Crippen molar-refractivity contribution in [3.63, 3.8) is 0 Å². The fourth-order valence-electron chi connectivity index (χ4n) is 2.02. The number of carbonyl (C=O) groups excluding carboxylic acids is 1. The van der Waals surface area contributed by atoms with Crippen LogP contribution in [0.1, 0.15) is 30.1 Å². The number of nitrogen functional groups attached to an aromatic ring is 1. The predicted molar refractivity (Wildman–Crippen MR) is 72.3 cm³/mol. The predicted octanol–water partition coefficient (Wildman–Crippen LogP) is 1.72. The van der Waals surface area contributed by atoms with Gasteiger partial charge in [-0.15, -0.1) is 0 Å². The second-order valence-electron chi connectivity index (χ2n) is 4.46. The van der Waals surface area contributed by atoms with E-state index in [1.807, 2.05) is 6.92 Å². The molecule has 1 fully saturated rings. The maximum Gasteiger partial charge on any atom is 0.255 e. The molecule has 2 atom stereocenters. The monoisotopic (exact) mass is 313 g/mol. The Labute approximate surface area is 114 Å². The largest absolute Gasteiger partial charge is 0.383 e. The van der Waals surface area contributed by atoms with Crippen LogP contribution in [-0.4, -0.2) is 29.6 Å². The van der Waals surface area contributed by atoms with E-state index in [2.05, 4.69) is 26.2 Å². The highest BCUT2D eigenvalue weighted by atomic mass is 79.9. The number of nitrogens with zero attached hydrogens (tertiary/aromatic N) is 1. The molecule has 1 aromatic rings. The van der Waals surface area contributed by atoms with Crippen LogP contribution in [0.15, 0.2) is 16.7 Å². The van der Waals surface area contributed by atoms with Crippen molar-refractivity contribution in [3.05, 3.63) is 22.3 Å². The molecule has 1 saturated heterocycles. The van der Waals surface area contributed by atoms with Gasteiger partial charge in [0.2, 0.25) is 0 Å². The van der Waals surface area contributed by atoms with Crippen LogP contribution in [0, 0.1) is 0 Å². The van der Waals surface area contributed by atoms with Crippen LogP contribution in [0.4, 0.5) is 5.82 Å². The van der Waals surface area contributed by atoms with Crippen LogP contribution >= 0.6 is 15.9 Å². The number of halogens is 1. The number of anilines is 1. The van der Waals surface area contributed by atoms with Gasteiger partial charge in [-0.3, -0.25) is 4.79 Å². The highest BCUT2D eigenvalue weighted by Crippen LogP contribution is 2.17. The first-order valence-corrected chi connectivity index (χ1v) is 6.69. The van der Waals surface area contributed by atoms with E-state index < -0.39 is 0 Å². The molecule has 5 nitrogen and oxygen atoms in total. The van der Waals surface area contributed by atoms with Gasteiger partial charge in [0, 0.05) is 23.3 Å². The zero-order chi connectivity index (χ0) is 13.1. The van der Waals surface area contributed by atoms with Crippen LogP contribution < -0.4 is 11.1 Å². The van der Waals surface area contributed by atoms with Gasteiger partial charge < -0.3 is 15.8 Å². The number of aromatic nitrogens is 1. The normalized spacial score (nSPS) is 23.7. The molecule has 3 N–H and O–H groups in total. The second-order valence-corrected chi connectivity index (χ2v) is 5.38. The van der Waals surface area contributed by atoms with Gasteiger partial charge in [-0.2, -0.15) is 0 Å². The molecule has 2 unspecified atom stereocenters. The number of hydrogen-bond acceptors (Lipinski definition) is 4. The Bertz CT molecular complexity index is 453. The zero-order valence-electron chi connectivity index (χ0n) is 10.1. The number of nitrogens with one attached hydrogen (secondary N) is 1. The zero-order valence-corrected chi connectivity index (χ0v) is 11.7. The molecule has 0 spiro atoms. The summed E-state index contributed by atoms with van der Waals surface area (Å²) in [6.07, 6.45) is 3.41. The second kappa shape index (κ2) is 5.67. The standard InChI is InChI=1S/C12H16BrN3O2/c1-7-4-9(2-3-18-7)16-12(17)10-5-8(13)6-15-11(10)14/h5-7,9H,2-4H2,1H3,(H2,14,15)(H,16,17). The Balaban J connectivity index is 2.05. The molecule has 1 aromatic heterocycles. The Morgan fingerprint density at radius 3 is 3.17 bits per heavy atom. The topological polar surface area (TPSA) is 77.2 Å². The van der Waals surface area contributed by atoms with E-state index in [4.69, 9.17) is 10.5 Å². The molecule has 0 radical (unpaired) electrons. The van der Waals surface area contributed by atoms with E-state index in [1.54, 1.807) is 12.3 Å². The maximum atomic E-state index is 12.1. The molecule has 6 heteroatoms. The van der Waals surface area contributed by atoms with Crippen LogP contribution in [0.3, 0.4) is 0 Å². The molecular formula is C12H16BrN3O2. The fraction of sp³-hybridized carbons (Fsp3) is 0.500. The summed E-state index contributed by atoms with van der Waals surface area (Å²) in [6.45, 7) is 2.69. The van der Waals surface area contributed by atoms with Crippen molar-refractivity contribution < 1.29 is 9.53 Å². The van der Waals surface area contributed by atoms with Gasteiger partial charge in [-0.25, -0.2) is 4.98 Å². The summed E-state index contributed by atoms with van der Waals surface area (Å²) in [4.78, 5) is 16.1. The van der Waals surface area contributed by atoms with Crippen molar-refractivity contribution in [2.75, 3.05) is 12.3 Å². The summed E-state index contributed by atoms with van der Waals surface area (Å²) in [5, 5.41) is 2.97. The molecule has 1 aliphatic heterocycles. The van der Waals surface area contributed by atoms with Crippen molar-refractivity contribution >= 4 is 27.7 Å². The molecule has 2 rings (SSSR count). The quantitative estimate of drug-likeness (QED) is 0.871. The molecule has 1 aliphatic rings. The van der Waals surface area contributed by atoms with E-state index in [-0.39, 0.29) is 23.9 Å². The van der Waals surface area contributed by atoms with Gasteiger partial charge in [-0.05, 0) is 41.8 Å². The third kappa shape index (κ3) is 3.20. The lowest BCUT2D eigenvalue weighted by Crippen LogP contribution is -2.41. The lowest BCUT2D eigenvalue weighted by molar-refractivity contribution is 0.0137. The van der Waals surface area contributed by atoms with Gasteiger partial charge in [0.25, 0.3) is 5.91 Å². The Kier molecular flexibility index (Phi) is 4.19. The smallest absolute Gasteiger partial charge is 0.255 e. The van der Waals surface area contributed by atoms with Gasteiger partial charge in [0.15, 0.2) is 0 Å². The van der Waals surface area contributed by atoms with E-state index in [1.165, 1.54) is 0 Å². The summed E-state index contributed by atoms with van der Waals surface area (Å²) in [5.41, 5.74) is 6.11. The summed E-state index contributed by atoms with van der Waals surface area (Å²) < 4.78 is 6.18. The average Bonchev–Trinajstić information content (AvgIpc) is 2.32. The number of rotatable bonds is 2. The lowest BCUT2D eigenvalue weighted by atomic mass is 10.0. The first-order valence-electron chi connectivity index (χ1n) is 5.89. The van der Waals surface area contributed by atoms with Crippen molar-refractivity contribution in [2.24, 2.45) is 0 Å². The van der Waals surface area contributed by atoms with Crippen molar-refractivity contribution in [1.29, 1.82) is 0 Å². The van der Waals surface area contributed by atoms with E-state index in [0.717, 1.165) is 17.3 Å². The van der Waals surface area contributed by atoms with Crippen molar-refractivity contribution in [1.82, 2.24) is 10.3 Å². The number of nitrogens with two attached hydrogens (primary N) is 1. The van der Waals surface area contributed by atoms with Crippen LogP contribution in [-0.2, 0) is 4.74 Å². The molecule has 18 heavy (non-hydrogen) atoms. The molecule has 0 aromatic carbocycles. The van der Waals surface area contributed by atoms with E-state index in [9.17, 15) is 4.79 Å². The molecule has 1 amide bonds. The van der Waals surface area contributed by atoms with Crippen molar-refractivity contribution in [3.8, 4) is 0 Å². The number of pyridine rings is 1. The first-order chi connectivity index (χ1) is 8.56. The molecule has 0 saturated carbocycles. The average molecular weight is 314 g/mol. The highest BCUT2D eigenvalue weighted by Gasteiger charge is 2.22. The maximum absolute atomic E-state index is 12.1.